The second kappa shape index (κ2) is 8.76. The van der Waals surface area contributed by atoms with Crippen molar-refractivity contribution < 1.29 is 24.4 Å². The molecule has 1 fully saturated rings. The van der Waals surface area contributed by atoms with E-state index in [2.05, 4.69) is 0 Å². The molecule has 1 saturated heterocycles. The molecule has 1 aliphatic rings. The third kappa shape index (κ3) is 6.25. The van der Waals surface area contributed by atoms with Gasteiger partial charge in [-0.2, -0.15) is 0 Å². The van der Waals surface area contributed by atoms with Crippen LogP contribution in [-0.2, 0) is 4.74 Å². The predicted octanol–water partition coefficient (Wildman–Crippen LogP) is 1.09. The van der Waals surface area contributed by atoms with Crippen LogP contribution in [-0.4, -0.2) is 71.2 Å². The molecule has 0 bridgehead atoms. The van der Waals surface area contributed by atoms with Gasteiger partial charge >= 0.3 is 13.2 Å². The van der Waals surface area contributed by atoms with E-state index in [1.54, 1.807) is 29.0 Å². The summed E-state index contributed by atoms with van der Waals surface area (Å²) in [7, 11) is 0.222. The molecular weight excluding hydrogens is 347 g/mol. The van der Waals surface area contributed by atoms with Crippen molar-refractivity contribution in [3.63, 3.8) is 0 Å². The molecule has 0 saturated carbocycles. The Morgan fingerprint density at radius 1 is 1.19 bits per heavy atom. The number of hydrogen-bond acceptors (Lipinski definition) is 5. The summed E-state index contributed by atoms with van der Waals surface area (Å²) in [6, 6.07) is 6.26. The fourth-order valence-corrected chi connectivity index (χ4v) is 3.11. The van der Waals surface area contributed by atoms with E-state index in [0.29, 0.717) is 36.6 Å². The first-order valence-corrected chi connectivity index (χ1v) is 9.26. The van der Waals surface area contributed by atoms with Gasteiger partial charge in [-0.1, -0.05) is 12.1 Å². The molecule has 0 spiro atoms. The summed E-state index contributed by atoms with van der Waals surface area (Å²) >= 11 is 0. The summed E-state index contributed by atoms with van der Waals surface area (Å²) in [5, 5.41) is 18.2. The molecule has 2 N–H and O–H groups in total. The highest BCUT2D eigenvalue weighted by Crippen LogP contribution is 2.21. The number of amides is 2. The lowest BCUT2D eigenvalue weighted by Gasteiger charge is -2.34. The molecule has 0 aliphatic carbocycles. The predicted molar refractivity (Wildman–Crippen MR) is 104 cm³/mol. The Morgan fingerprint density at radius 2 is 1.74 bits per heavy atom. The van der Waals surface area contributed by atoms with E-state index in [1.165, 1.54) is 12.1 Å². The van der Waals surface area contributed by atoms with E-state index >= 15 is 0 Å². The van der Waals surface area contributed by atoms with Gasteiger partial charge in [0.15, 0.2) is 0 Å². The molecule has 1 aromatic carbocycles. The first kappa shape index (κ1) is 21.2. The van der Waals surface area contributed by atoms with Crippen LogP contribution in [0.15, 0.2) is 24.3 Å². The Bertz CT molecular complexity index is 649. The van der Waals surface area contributed by atoms with E-state index in [-0.39, 0.29) is 12.0 Å². The third-order valence-electron chi connectivity index (χ3n) is 4.60. The van der Waals surface area contributed by atoms with Crippen molar-refractivity contribution in [2.45, 2.75) is 39.2 Å². The third-order valence-corrected chi connectivity index (χ3v) is 4.60. The van der Waals surface area contributed by atoms with Gasteiger partial charge < -0.3 is 24.6 Å². The van der Waals surface area contributed by atoms with Gasteiger partial charge in [-0.25, -0.2) is 4.79 Å². The maximum absolute atomic E-state index is 12.5. The highest BCUT2D eigenvalue weighted by molar-refractivity contribution is 6.58. The highest BCUT2D eigenvalue weighted by atomic mass is 16.6. The van der Waals surface area contributed by atoms with Crippen molar-refractivity contribution in [1.82, 2.24) is 9.80 Å². The van der Waals surface area contributed by atoms with Crippen LogP contribution in [0.5, 0.6) is 0 Å². The number of ether oxygens (including phenoxy) is 1. The zero-order valence-corrected chi connectivity index (χ0v) is 16.5. The topological polar surface area (TPSA) is 90.3 Å². The van der Waals surface area contributed by atoms with Gasteiger partial charge in [-0.05, 0) is 57.1 Å². The zero-order chi connectivity index (χ0) is 20.2. The van der Waals surface area contributed by atoms with Crippen LogP contribution < -0.4 is 5.46 Å². The number of piperidine rings is 1. The monoisotopic (exact) mass is 376 g/mol. The van der Waals surface area contributed by atoms with E-state index in [4.69, 9.17) is 14.8 Å². The summed E-state index contributed by atoms with van der Waals surface area (Å²) in [6.45, 7) is 7.44. The fourth-order valence-electron chi connectivity index (χ4n) is 3.11. The number of rotatable bonds is 4. The van der Waals surface area contributed by atoms with Crippen LogP contribution in [0.1, 0.15) is 44.0 Å². The lowest BCUT2D eigenvalue weighted by Crippen LogP contribution is -2.44. The minimum Gasteiger partial charge on any atom is -0.444 e. The number of hydrogen-bond donors (Lipinski definition) is 2. The fraction of sp³-hybridized carbons (Fsp3) is 0.579. The lowest BCUT2D eigenvalue weighted by molar-refractivity contribution is 0.0171. The van der Waals surface area contributed by atoms with E-state index in [1.807, 2.05) is 20.8 Å². The van der Waals surface area contributed by atoms with Crippen LogP contribution >= 0.6 is 0 Å². The maximum Gasteiger partial charge on any atom is 0.488 e. The summed E-state index contributed by atoms with van der Waals surface area (Å²) in [5.41, 5.74) is 0.360. The molecule has 1 aromatic rings. The van der Waals surface area contributed by atoms with Crippen LogP contribution in [0.3, 0.4) is 0 Å². The van der Waals surface area contributed by atoms with Crippen molar-refractivity contribution >= 4 is 24.6 Å². The smallest absolute Gasteiger partial charge is 0.444 e. The van der Waals surface area contributed by atoms with Crippen molar-refractivity contribution in [1.29, 1.82) is 0 Å². The molecule has 1 heterocycles. The van der Waals surface area contributed by atoms with Gasteiger partial charge in [0.25, 0.3) is 5.91 Å². The number of benzene rings is 1. The SMILES string of the molecule is CN(CC1CCN(C(=O)OC(C)(C)C)CC1)C(=O)c1ccc(B(O)O)cc1. The molecule has 0 unspecified atom stereocenters. The molecule has 0 atom stereocenters. The Hall–Kier alpha value is -2.06. The first-order valence-electron chi connectivity index (χ1n) is 9.26. The van der Waals surface area contributed by atoms with Gasteiger partial charge in [0.05, 0.1) is 0 Å². The molecular formula is C19H29BN2O5. The molecule has 0 aromatic heterocycles. The van der Waals surface area contributed by atoms with Crippen molar-refractivity contribution in [3.05, 3.63) is 29.8 Å². The second-order valence-electron chi connectivity index (χ2n) is 8.09. The van der Waals surface area contributed by atoms with Gasteiger partial charge in [0.2, 0.25) is 0 Å². The average molecular weight is 376 g/mol. The van der Waals surface area contributed by atoms with E-state index in [9.17, 15) is 9.59 Å². The molecule has 7 nitrogen and oxygen atoms in total. The van der Waals surface area contributed by atoms with Crippen molar-refractivity contribution in [2.24, 2.45) is 5.92 Å². The number of carbonyl (C=O) groups excluding carboxylic acids is 2. The quantitative estimate of drug-likeness (QED) is 0.768. The van der Waals surface area contributed by atoms with E-state index < -0.39 is 12.7 Å². The first-order chi connectivity index (χ1) is 12.6. The Kier molecular flexibility index (Phi) is 6.89. The molecule has 27 heavy (non-hydrogen) atoms. The van der Waals surface area contributed by atoms with Crippen molar-refractivity contribution in [3.8, 4) is 0 Å². The van der Waals surface area contributed by atoms with Crippen LogP contribution in [0.2, 0.25) is 0 Å². The molecule has 0 radical (unpaired) electrons. The van der Waals surface area contributed by atoms with Gasteiger partial charge in [0.1, 0.15) is 5.60 Å². The van der Waals surface area contributed by atoms with Gasteiger partial charge in [0, 0.05) is 32.2 Å². The number of carbonyl (C=O) groups is 2. The largest absolute Gasteiger partial charge is 0.488 e. The van der Waals surface area contributed by atoms with Crippen LogP contribution in [0.4, 0.5) is 4.79 Å². The zero-order valence-electron chi connectivity index (χ0n) is 16.5. The van der Waals surface area contributed by atoms with Crippen LogP contribution in [0, 0.1) is 5.92 Å². The summed E-state index contributed by atoms with van der Waals surface area (Å²) in [5.74, 6) is 0.222. The standard InChI is InChI=1S/C19H29BN2O5/c1-19(2,3)27-18(24)22-11-9-14(10-12-22)13-21(4)17(23)15-5-7-16(8-6-15)20(25)26/h5-8,14,25-26H,9-13H2,1-4H3. The molecule has 2 rings (SSSR count). The lowest BCUT2D eigenvalue weighted by atomic mass is 9.80. The van der Waals surface area contributed by atoms with Gasteiger partial charge in [-0.15, -0.1) is 0 Å². The minimum atomic E-state index is -1.54. The van der Waals surface area contributed by atoms with Crippen molar-refractivity contribution in [2.75, 3.05) is 26.7 Å². The van der Waals surface area contributed by atoms with E-state index in [0.717, 1.165) is 12.8 Å². The maximum atomic E-state index is 12.5. The van der Waals surface area contributed by atoms with Crippen LogP contribution in [0.25, 0.3) is 0 Å². The molecule has 1 aliphatic heterocycles. The Balaban J connectivity index is 1.84. The van der Waals surface area contributed by atoms with Gasteiger partial charge in [-0.3, -0.25) is 4.79 Å². The average Bonchev–Trinajstić information content (AvgIpc) is 2.60. The normalized spacial score (nSPS) is 15.4. The Morgan fingerprint density at radius 3 is 2.22 bits per heavy atom. The number of likely N-dealkylation sites (tertiary alicyclic amines) is 1. The molecule has 148 valence electrons. The summed E-state index contributed by atoms with van der Waals surface area (Å²) in [4.78, 5) is 28.1. The highest BCUT2D eigenvalue weighted by Gasteiger charge is 2.28. The molecule has 2 amide bonds. The summed E-state index contributed by atoms with van der Waals surface area (Å²) < 4.78 is 5.40. The minimum absolute atomic E-state index is 0.108. The second-order valence-corrected chi connectivity index (χ2v) is 8.09. The summed E-state index contributed by atoms with van der Waals surface area (Å²) in [6.07, 6.45) is 1.37. The Labute approximate surface area is 161 Å². The number of nitrogens with zero attached hydrogens (tertiary/aromatic N) is 2. The molecule has 8 heteroatoms.